The van der Waals surface area contributed by atoms with Crippen molar-refractivity contribution in [2.75, 3.05) is 0 Å². The topological polar surface area (TPSA) is 13.1 Å². The minimum Gasteiger partial charge on any atom is -0.461 e. The van der Waals surface area contributed by atoms with Crippen LogP contribution in [0, 0.1) is 12.8 Å². The van der Waals surface area contributed by atoms with Crippen LogP contribution in [0.25, 0.3) is 11.0 Å². The van der Waals surface area contributed by atoms with Crippen LogP contribution in [0.3, 0.4) is 0 Å². The van der Waals surface area contributed by atoms with Gasteiger partial charge in [-0.15, -0.1) is 0 Å². The van der Waals surface area contributed by atoms with Crippen molar-refractivity contribution in [3.63, 3.8) is 0 Å². The Morgan fingerprint density at radius 3 is 2.58 bits per heavy atom. The maximum atomic E-state index is 5.68. The van der Waals surface area contributed by atoms with Gasteiger partial charge in [0.15, 0.2) is 0 Å². The Morgan fingerprint density at radius 1 is 1.00 bits per heavy atom. The number of unbranched alkanes of at least 4 members (excludes halogenated alkanes) is 3. The molecular formula is C18H26O. The summed E-state index contributed by atoms with van der Waals surface area (Å²) in [4.78, 5) is 0. The molecule has 1 nitrogen and oxygen atoms in total. The van der Waals surface area contributed by atoms with E-state index in [1.807, 2.05) is 6.92 Å². The molecule has 1 aromatic heterocycles. The highest BCUT2D eigenvalue weighted by molar-refractivity contribution is 5.78. The van der Waals surface area contributed by atoms with Gasteiger partial charge in [0.25, 0.3) is 0 Å². The van der Waals surface area contributed by atoms with Gasteiger partial charge in [0.2, 0.25) is 0 Å². The molecule has 1 aromatic carbocycles. The molecule has 0 aliphatic heterocycles. The molecule has 0 saturated heterocycles. The second-order valence-corrected chi connectivity index (χ2v) is 6.08. The van der Waals surface area contributed by atoms with Crippen molar-refractivity contribution in [2.45, 2.75) is 59.3 Å². The van der Waals surface area contributed by atoms with Crippen LogP contribution in [0.1, 0.15) is 57.3 Å². The van der Waals surface area contributed by atoms with Crippen LogP contribution < -0.4 is 0 Å². The number of hydrogen-bond donors (Lipinski definition) is 0. The molecule has 0 unspecified atom stereocenters. The van der Waals surface area contributed by atoms with Gasteiger partial charge in [-0.2, -0.15) is 0 Å². The first-order valence-electron chi connectivity index (χ1n) is 7.64. The molecule has 0 spiro atoms. The first kappa shape index (κ1) is 14.2. The van der Waals surface area contributed by atoms with E-state index < -0.39 is 0 Å². The van der Waals surface area contributed by atoms with Gasteiger partial charge in [0.05, 0.1) is 0 Å². The lowest BCUT2D eigenvalue weighted by Crippen LogP contribution is -1.89. The number of aryl methyl sites for hydroxylation is 2. The summed E-state index contributed by atoms with van der Waals surface area (Å²) < 4.78 is 5.68. The summed E-state index contributed by atoms with van der Waals surface area (Å²) in [6.45, 7) is 6.62. The van der Waals surface area contributed by atoms with E-state index in [-0.39, 0.29) is 0 Å². The van der Waals surface area contributed by atoms with Gasteiger partial charge in [-0.05, 0) is 43.4 Å². The number of fused-ring (bicyclic) bond motifs is 1. The zero-order valence-corrected chi connectivity index (χ0v) is 12.5. The average molecular weight is 258 g/mol. The summed E-state index contributed by atoms with van der Waals surface area (Å²) in [7, 11) is 0. The Balaban J connectivity index is 1.75. The molecule has 0 atom stereocenters. The lowest BCUT2D eigenvalue weighted by molar-refractivity contribution is 0.520. The van der Waals surface area contributed by atoms with Crippen molar-refractivity contribution in [1.29, 1.82) is 0 Å². The number of hydrogen-bond acceptors (Lipinski definition) is 1. The third kappa shape index (κ3) is 4.41. The predicted molar refractivity (Wildman–Crippen MR) is 82.6 cm³/mol. The van der Waals surface area contributed by atoms with Crippen LogP contribution in [0.4, 0.5) is 0 Å². The van der Waals surface area contributed by atoms with E-state index in [1.165, 1.54) is 49.5 Å². The summed E-state index contributed by atoms with van der Waals surface area (Å²) in [5.41, 5.74) is 2.44. The van der Waals surface area contributed by atoms with Gasteiger partial charge in [-0.3, -0.25) is 0 Å². The molecule has 2 rings (SSSR count). The van der Waals surface area contributed by atoms with E-state index in [0.717, 1.165) is 17.3 Å². The van der Waals surface area contributed by atoms with Gasteiger partial charge in [0.1, 0.15) is 11.3 Å². The molecule has 0 saturated carbocycles. The third-order valence-corrected chi connectivity index (χ3v) is 3.70. The molecule has 1 heteroatoms. The van der Waals surface area contributed by atoms with Crippen LogP contribution >= 0.6 is 0 Å². The maximum absolute atomic E-state index is 5.68. The second-order valence-electron chi connectivity index (χ2n) is 6.08. The lowest BCUT2D eigenvalue weighted by atomic mass is 10.0. The Kier molecular flexibility index (Phi) is 5.07. The molecule has 1 heterocycles. The highest BCUT2D eigenvalue weighted by Crippen LogP contribution is 2.21. The summed E-state index contributed by atoms with van der Waals surface area (Å²) in [5.74, 6) is 1.85. The summed E-state index contributed by atoms with van der Waals surface area (Å²) in [5, 5.41) is 1.22. The maximum Gasteiger partial charge on any atom is 0.134 e. The molecule has 2 aromatic rings. The normalized spacial score (nSPS) is 11.6. The molecule has 0 aliphatic rings. The molecule has 0 aliphatic carbocycles. The minimum absolute atomic E-state index is 0.851. The van der Waals surface area contributed by atoms with Gasteiger partial charge in [-0.1, -0.05) is 51.7 Å². The highest BCUT2D eigenvalue weighted by atomic mass is 16.3. The van der Waals surface area contributed by atoms with Crippen LogP contribution in [0.15, 0.2) is 28.7 Å². The van der Waals surface area contributed by atoms with Crippen LogP contribution in [-0.2, 0) is 6.42 Å². The smallest absolute Gasteiger partial charge is 0.134 e. The van der Waals surface area contributed by atoms with Gasteiger partial charge < -0.3 is 4.42 Å². The Bertz CT molecular complexity index is 507. The molecule has 0 radical (unpaired) electrons. The summed E-state index contributed by atoms with van der Waals surface area (Å²) in [6.07, 6.45) is 7.95. The molecule has 104 valence electrons. The zero-order valence-electron chi connectivity index (χ0n) is 12.5. The molecule has 0 N–H and O–H groups in total. The van der Waals surface area contributed by atoms with Crippen molar-refractivity contribution in [1.82, 2.24) is 0 Å². The monoisotopic (exact) mass is 258 g/mol. The van der Waals surface area contributed by atoms with E-state index in [0.29, 0.717) is 0 Å². The van der Waals surface area contributed by atoms with Crippen molar-refractivity contribution >= 4 is 11.0 Å². The number of benzene rings is 1. The molecule has 19 heavy (non-hydrogen) atoms. The van der Waals surface area contributed by atoms with Crippen LogP contribution in [-0.4, -0.2) is 0 Å². The van der Waals surface area contributed by atoms with Crippen LogP contribution in [0.2, 0.25) is 0 Å². The van der Waals surface area contributed by atoms with Gasteiger partial charge in [0, 0.05) is 5.39 Å². The first-order chi connectivity index (χ1) is 9.15. The SMILES string of the molecule is Cc1cc2ccc(CCCCCCC(C)C)cc2o1. The van der Waals surface area contributed by atoms with E-state index >= 15 is 0 Å². The van der Waals surface area contributed by atoms with Crippen molar-refractivity contribution in [3.05, 3.63) is 35.6 Å². The minimum atomic E-state index is 0.851. The van der Waals surface area contributed by atoms with E-state index in [4.69, 9.17) is 4.42 Å². The van der Waals surface area contributed by atoms with E-state index in [1.54, 1.807) is 0 Å². The largest absolute Gasteiger partial charge is 0.461 e. The highest BCUT2D eigenvalue weighted by Gasteiger charge is 2.02. The molecule has 0 amide bonds. The van der Waals surface area contributed by atoms with Gasteiger partial charge >= 0.3 is 0 Å². The molecule has 0 fully saturated rings. The van der Waals surface area contributed by atoms with Gasteiger partial charge in [-0.25, -0.2) is 0 Å². The van der Waals surface area contributed by atoms with E-state index in [9.17, 15) is 0 Å². The fraction of sp³-hybridized carbons (Fsp3) is 0.556. The first-order valence-corrected chi connectivity index (χ1v) is 7.64. The lowest BCUT2D eigenvalue weighted by Gasteiger charge is -2.04. The van der Waals surface area contributed by atoms with Crippen molar-refractivity contribution in [3.8, 4) is 0 Å². The fourth-order valence-electron chi connectivity index (χ4n) is 2.60. The Hall–Kier alpha value is -1.24. The number of rotatable bonds is 7. The quantitative estimate of drug-likeness (QED) is 0.564. The molecule has 0 bridgehead atoms. The third-order valence-electron chi connectivity index (χ3n) is 3.70. The summed E-state index contributed by atoms with van der Waals surface area (Å²) >= 11 is 0. The Labute approximate surface area is 117 Å². The van der Waals surface area contributed by atoms with E-state index in [2.05, 4.69) is 38.1 Å². The van der Waals surface area contributed by atoms with Crippen molar-refractivity contribution < 1.29 is 4.42 Å². The average Bonchev–Trinajstić information content (AvgIpc) is 2.72. The summed E-state index contributed by atoms with van der Waals surface area (Å²) in [6, 6.07) is 8.73. The molecular weight excluding hydrogens is 232 g/mol. The Morgan fingerprint density at radius 2 is 1.79 bits per heavy atom. The number of furan rings is 1. The zero-order chi connectivity index (χ0) is 13.7. The standard InChI is InChI=1S/C18H26O/c1-14(2)8-6-4-5-7-9-16-10-11-17-12-15(3)19-18(17)13-16/h10-14H,4-9H2,1-3H3. The fourth-order valence-corrected chi connectivity index (χ4v) is 2.60. The van der Waals surface area contributed by atoms with Crippen LogP contribution in [0.5, 0.6) is 0 Å². The second kappa shape index (κ2) is 6.79. The predicted octanol–water partition coefficient (Wildman–Crippen LogP) is 5.89. The van der Waals surface area contributed by atoms with Crippen molar-refractivity contribution in [2.24, 2.45) is 5.92 Å².